The van der Waals surface area contributed by atoms with E-state index in [1.165, 1.54) is 0 Å². The Balaban J connectivity index is 2.50. The summed E-state index contributed by atoms with van der Waals surface area (Å²) in [7, 11) is 3.13. The summed E-state index contributed by atoms with van der Waals surface area (Å²) in [6, 6.07) is 7.71. The molecular weight excluding hydrogens is 360 g/mol. The summed E-state index contributed by atoms with van der Waals surface area (Å²) in [5.74, 6) is 1.82. The van der Waals surface area contributed by atoms with E-state index in [4.69, 9.17) is 9.47 Å². The molecule has 0 aliphatic carbocycles. The molecule has 2 unspecified atom stereocenters. The highest BCUT2D eigenvalue weighted by Crippen LogP contribution is 2.44. The minimum absolute atomic E-state index is 0.208. The highest BCUT2D eigenvalue weighted by molar-refractivity contribution is 7.99. The molecule has 148 valence electrons. The molecule has 0 saturated carbocycles. The van der Waals surface area contributed by atoms with Crippen molar-refractivity contribution in [1.82, 2.24) is 0 Å². The van der Waals surface area contributed by atoms with Gasteiger partial charge in [0.25, 0.3) is 0 Å². The van der Waals surface area contributed by atoms with E-state index in [1.807, 2.05) is 24.3 Å². The van der Waals surface area contributed by atoms with Crippen molar-refractivity contribution < 1.29 is 19.7 Å². The van der Waals surface area contributed by atoms with E-state index in [-0.39, 0.29) is 23.3 Å². The maximum Gasteiger partial charge on any atom is 0.161 e. The summed E-state index contributed by atoms with van der Waals surface area (Å²) in [5.41, 5.74) is 1.76. The fourth-order valence-electron chi connectivity index (χ4n) is 2.96. The first-order valence-corrected chi connectivity index (χ1v) is 10.2. The number of phenols is 2. The molecule has 0 bridgehead atoms. The number of rotatable bonds is 8. The second kappa shape index (κ2) is 9.27. The molecule has 0 aliphatic heterocycles. The summed E-state index contributed by atoms with van der Waals surface area (Å²) >= 11 is 1.57. The van der Waals surface area contributed by atoms with E-state index in [1.54, 1.807) is 26.0 Å². The molecule has 4 nitrogen and oxygen atoms in total. The monoisotopic (exact) mass is 390 g/mol. The van der Waals surface area contributed by atoms with Gasteiger partial charge in [-0.15, -0.1) is 0 Å². The zero-order valence-electron chi connectivity index (χ0n) is 17.0. The van der Waals surface area contributed by atoms with Gasteiger partial charge in [-0.3, -0.25) is 0 Å². The second-order valence-electron chi connectivity index (χ2n) is 6.85. The average Bonchev–Trinajstić information content (AvgIpc) is 2.68. The summed E-state index contributed by atoms with van der Waals surface area (Å²) in [6.45, 7) is 8.38. The topological polar surface area (TPSA) is 58.9 Å². The van der Waals surface area contributed by atoms with E-state index in [9.17, 15) is 10.2 Å². The normalized spacial score (nSPS) is 13.3. The Morgan fingerprint density at radius 1 is 0.778 bits per heavy atom. The predicted octanol–water partition coefficient (Wildman–Crippen LogP) is 6.29. The molecule has 5 heteroatoms. The van der Waals surface area contributed by atoms with Crippen LogP contribution in [0.25, 0.3) is 0 Å². The first kappa shape index (κ1) is 21.3. The molecule has 27 heavy (non-hydrogen) atoms. The fraction of sp³-hybridized carbons (Fsp3) is 0.455. The number of hydrogen-bond acceptors (Lipinski definition) is 5. The van der Waals surface area contributed by atoms with Crippen LogP contribution in [0.2, 0.25) is 0 Å². The Kier molecular flexibility index (Phi) is 7.31. The second-order valence-corrected chi connectivity index (χ2v) is 7.99. The Morgan fingerprint density at radius 2 is 1.15 bits per heavy atom. The quantitative estimate of drug-likeness (QED) is 0.554. The summed E-state index contributed by atoms with van der Waals surface area (Å²) in [4.78, 5) is 1.95. The van der Waals surface area contributed by atoms with Crippen molar-refractivity contribution in [3.05, 3.63) is 35.4 Å². The molecule has 0 aromatic heterocycles. The number of phenolic OH excluding ortho intramolecular Hbond substituents is 2. The lowest BCUT2D eigenvalue weighted by atomic mass is 9.97. The van der Waals surface area contributed by atoms with Crippen LogP contribution in [0.1, 0.15) is 63.5 Å². The predicted molar refractivity (Wildman–Crippen MR) is 111 cm³/mol. The molecule has 0 radical (unpaired) electrons. The number of ether oxygens (including phenoxy) is 2. The first-order chi connectivity index (χ1) is 12.9. The Bertz CT molecular complexity index is 723. The molecular formula is C22H30O4S. The first-order valence-electron chi connectivity index (χ1n) is 9.35. The molecule has 2 aromatic carbocycles. The van der Waals surface area contributed by atoms with Gasteiger partial charge in [-0.25, -0.2) is 0 Å². The third kappa shape index (κ3) is 4.64. The molecule has 0 saturated heterocycles. The van der Waals surface area contributed by atoms with Crippen molar-refractivity contribution in [3.63, 3.8) is 0 Å². The van der Waals surface area contributed by atoms with Gasteiger partial charge in [0, 0.05) is 20.9 Å². The zero-order valence-corrected chi connectivity index (χ0v) is 17.8. The lowest BCUT2D eigenvalue weighted by Crippen LogP contribution is -1.97. The van der Waals surface area contributed by atoms with Crippen LogP contribution in [0.3, 0.4) is 0 Å². The van der Waals surface area contributed by atoms with Crippen molar-refractivity contribution in [2.24, 2.45) is 0 Å². The number of aromatic hydroxyl groups is 2. The lowest BCUT2D eigenvalue weighted by molar-refractivity contribution is 0.367. The fourth-order valence-corrected chi connectivity index (χ4v) is 3.94. The summed E-state index contributed by atoms with van der Waals surface area (Å²) < 4.78 is 10.7. The average molecular weight is 391 g/mol. The minimum Gasteiger partial charge on any atom is -0.504 e. The SMILES string of the molecule is CCC(C)c1cc(Sc2cc(OC)c(O)c(C(C)CC)c2)cc(OC)c1O. The van der Waals surface area contributed by atoms with Gasteiger partial charge in [0.2, 0.25) is 0 Å². The number of methoxy groups -OCH3 is 2. The molecule has 2 atom stereocenters. The Labute approximate surface area is 166 Å². The minimum atomic E-state index is 0.208. The standard InChI is InChI=1S/C22H30O4S/c1-7-13(3)17-9-15(11-19(25-5)21(17)23)27-16-10-18(14(4)8-2)22(24)20(12-16)26-6/h9-14,23-24H,7-8H2,1-6H3. The summed E-state index contributed by atoms with van der Waals surface area (Å²) in [6.07, 6.45) is 1.85. The van der Waals surface area contributed by atoms with Crippen molar-refractivity contribution >= 4 is 11.8 Å². The van der Waals surface area contributed by atoms with E-state index >= 15 is 0 Å². The highest BCUT2D eigenvalue weighted by atomic mass is 32.2. The third-order valence-corrected chi connectivity index (χ3v) is 6.06. The van der Waals surface area contributed by atoms with Gasteiger partial charge in [-0.1, -0.05) is 39.5 Å². The van der Waals surface area contributed by atoms with Crippen molar-refractivity contribution in [3.8, 4) is 23.0 Å². The maximum atomic E-state index is 10.5. The zero-order chi connectivity index (χ0) is 20.1. The molecule has 0 heterocycles. The van der Waals surface area contributed by atoms with Gasteiger partial charge >= 0.3 is 0 Å². The van der Waals surface area contributed by atoms with Gasteiger partial charge in [-0.05, 0) is 48.9 Å². The lowest BCUT2D eigenvalue weighted by Gasteiger charge is -2.18. The van der Waals surface area contributed by atoms with Crippen molar-refractivity contribution in [1.29, 1.82) is 0 Å². The Morgan fingerprint density at radius 3 is 1.44 bits per heavy atom. The molecule has 0 amide bonds. The van der Waals surface area contributed by atoms with Crippen LogP contribution in [-0.4, -0.2) is 24.4 Å². The summed E-state index contributed by atoms with van der Waals surface area (Å²) in [5, 5.41) is 20.9. The van der Waals surface area contributed by atoms with Gasteiger partial charge in [-0.2, -0.15) is 0 Å². The molecule has 0 aliphatic rings. The third-order valence-electron chi connectivity index (χ3n) is 5.12. The number of benzene rings is 2. The van der Waals surface area contributed by atoms with Crippen LogP contribution in [0, 0.1) is 0 Å². The molecule has 2 aromatic rings. The van der Waals surface area contributed by atoms with E-state index in [0.29, 0.717) is 11.5 Å². The van der Waals surface area contributed by atoms with Gasteiger partial charge in [0.05, 0.1) is 14.2 Å². The van der Waals surface area contributed by atoms with E-state index in [0.717, 1.165) is 33.8 Å². The number of hydrogen-bond donors (Lipinski definition) is 2. The van der Waals surface area contributed by atoms with E-state index < -0.39 is 0 Å². The molecule has 0 spiro atoms. The maximum absolute atomic E-state index is 10.5. The smallest absolute Gasteiger partial charge is 0.161 e. The van der Waals surface area contributed by atoms with Crippen LogP contribution < -0.4 is 9.47 Å². The van der Waals surface area contributed by atoms with Crippen LogP contribution >= 0.6 is 11.8 Å². The van der Waals surface area contributed by atoms with E-state index in [2.05, 4.69) is 27.7 Å². The van der Waals surface area contributed by atoms with Gasteiger partial charge in [0.15, 0.2) is 23.0 Å². The van der Waals surface area contributed by atoms with Crippen molar-refractivity contribution in [2.75, 3.05) is 14.2 Å². The molecule has 2 N–H and O–H groups in total. The van der Waals surface area contributed by atoms with Crippen LogP contribution in [0.15, 0.2) is 34.1 Å². The van der Waals surface area contributed by atoms with Crippen LogP contribution in [-0.2, 0) is 0 Å². The van der Waals surface area contributed by atoms with Crippen LogP contribution in [0.5, 0.6) is 23.0 Å². The Hall–Kier alpha value is -2.01. The van der Waals surface area contributed by atoms with Gasteiger partial charge < -0.3 is 19.7 Å². The van der Waals surface area contributed by atoms with Crippen LogP contribution in [0.4, 0.5) is 0 Å². The highest BCUT2D eigenvalue weighted by Gasteiger charge is 2.18. The molecule has 0 fully saturated rings. The van der Waals surface area contributed by atoms with Gasteiger partial charge in [0.1, 0.15) is 0 Å². The molecule has 2 rings (SSSR count). The largest absolute Gasteiger partial charge is 0.504 e. The van der Waals surface area contributed by atoms with Crippen molar-refractivity contribution in [2.45, 2.75) is 62.2 Å².